The molecular weight excluding hydrogens is 356 g/mol. The van der Waals surface area contributed by atoms with E-state index >= 15 is 0 Å². The van der Waals surface area contributed by atoms with Crippen LogP contribution in [0.4, 0.5) is 0 Å². The summed E-state index contributed by atoms with van der Waals surface area (Å²) < 4.78 is 0. The molecule has 0 amide bonds. The van der Waals surface area contributed by atoms with Gasteiger partial charge in [-0.15, -0.1) is 11.3 Å². The molecule has 0 fully saturated rings. The van der Waals surface area contributed by atoms with Crippen molar-refractivity contribution < 1.29 is 0 Å². The highest BCUT2D eigenvalue weighted by atomic mass is 32.2. The summed E-state index contributed by atoms with van der Waals surface area (Å²) in [7, 11) is 0. The Hall–Kier alpha value is -1.26. The molecule has 1 spiro atoms. The van der Waals surface area contributed by atoms with Crippen molar-refractivity contribution in [2.45, 2.75) is 64.8 Å². The van der Waals surface area contributed by atoms with Crippen molar-refractivity contribution >= 4 is 28.3 Å². The van der Waals surface area contributed by atoms with Gasteiger partial charge in [-0.3, -0.25) is 4.99 Å². The van der Waals surface area contributed by atoms with Gasteiger partial charge in [-0.05, 0) is 54.4 Å². The van der Waals surface area contributed by atoms with Gasteiger partial charge in [-0.25, -0.2) is 0 Å². The number of amidine groups is 1. The summed E-state index contributed by atoms with van der Waals surface area (Å²) >= 11 is 3.66. The molecule has 1 aliphatic carbocycles. The van der Waals surface area contributed by atoms with Crippen molar-refractivity contribution in [1.29, 1.82) is 0 Å². The Labute approximate surface area is 166 Å². The average Bonchev–Trinajstić information content (AvgIpc) is 3.10. The van der Waals surface area contributed by atoms with E-state index in [-0.39, 0.29) is 5.54 Å². The van der Waals surface area contributed by atoms with Crippen molar-refractivity contribution in [3.05, 3.63) is 46.3 Å². The molecular formula is C22H30N2S2. The number of hydrogen-bond acceptors (Lipinski definition) is 4. The normalized spacial score (nSPS) is 21.8. The highest BCUT2D eigenvalue weighted by Gasteiger charge is 2.39. The van der Waals surface area contributed by atoms with Crippen LogP contribution in [0.3, 0.4) is 0 Å². The standard InChI is InChI=1S/C20H24N2S2.C2H6/c1-13(2)14-5-3-6-15(11-14)18-12-16-17(24-18)7-4-8-20(16)9-10-23-19(21)22-20;1-2/h3,5-6,11-13H,4,7-10H2,1-2H3,(H2,21,22);1-2H3. The van der Waals surface area contributed by atoms with Gasteiger partial charge in [0.25, 0.3) is 0 Å². The van der Waals surface area contributed by atoms with Crippen LogP contribution < -0.4 is 5.73 Å². The first-order chi connectivity index (χ1) is 12.6. The first-order valence-electron chi connectivity index (χ1n) is 9.79. The van der Waals surface area contributed by atoms with Crippen LogP contribution in [0.15, 0.2) is 35.3 Å². The minimum Gasteiger partial charge on any atom is -0.379 e. The van der Waals surface area contributed by atoms with Gasteiger partial charge in [-0.2, -0.15) is 0 Å². The monoisotopic (exact) mass is 386 g/mol. The van der Waals surface area contributed by atoms with Crippen LogP contribution >= 0.6 is 23.1 Å². The predicted molar refractivity (Wildman–Crippen MR) is 119 cm³/mol. The molecule has 2 aromatic rings. The van der Waals surface area contributed by atoms with Crippen LogP contribution in [0.2, 0.25) is 0 Å². The molecule has 0 saturated carbocycles. The molecule has 140 valence electrons. The van der Waals surface area contributed by atoms with Gasteiger partial charge >= 0.3 is 0 Å². The van der Waals surface area contributed by atoms with E-state index in [9.17, 15) is 0 Å². The van der Waals surface area contributed by atoms with Crippen LogP contribution in [0.25, 0.3) is 10.4 Å². The van der Waals surface area contributed by atoms with Crippen molar-refractivity contribution in [1.82, 2.24) is 0 Å². The van der Waals surface area contributed by atoms with Gasteiger partial charge in [0.15, 0.2) is 5.17 Å². The molecule has 1 aromatic carbocycles. The molecule has 2 N–H and O–H groups in total. The fourth-order valence-electron chi connectivity index (χ4n) is 3.88. The summed E-state index contributed by atoms with van der Waals surface area (Å²) in [6, 6.07) is 11.4. The van der Waals surface area contributed by atoms with Crippen LogP contribution in [-0.2, 0) is 12.0 Å². The molecule has 1 unspecified atom stereocenters. The van der Waals surface area contributed by atoms with E-state index in [2.05, 4.69) is 44.2 Å². The maximum absolute atomic E-state index is 6.08. The fraction of sp³-hybridized carbons (Fsp3) is 0.500. The third kappa shape index (κ3) is 3.72. The Balaban J connectivity index is 0.000000948. The zero-order chi connectivity index (χ0) is 18.7. The summed E-state index contributed by atoms with van der Waals surface area (Å²) in [6.45, 7) is 8.51. The van der Waals surface area contributed by atoms with Crippen LogP contribution in [0, 0.1) is 0 Å². The predicted octanol–water partition coefficient (Wildman–Crippen LogP) is 6.55. The molecule has 4 heteroatoms. The molecule has 2 nitrogen and oxygen atoms in total. The van der Waals surface area contributed by atoms with E-state index in [1.54, 1.807) is 11.8 Å². The number of fused-ring (bicyclic) bond motifs is 2. The van der Waals surface area contributed by atoms with Crippen molar-refractivity contribution in [3.8, 4) is 10.4 Å². The smallest absolute Gasteiger partial charge is 0.154 e. The maximum atomic E-state index is 6.08. The molecule has 0 saturated heterocycles. The van der Waals surface area contributed by atoms with Gasteiger partial charge < -0.3 is 5.73 Å². The topological polar surface area (TPSA) is 38.4 Å². The number of aliphatic imine (C=N–C) groups is 1. The molecule has 2 aliphatic rings. The van der Waals surface area contributed by atoms with Crippen LogP contribution in [0.5, 0.6) is 0 Å². The van der Waals surface area contributed by atoms with Gasteiger partial charge in [0.05, 0.1) is 5.54 Å². The molecule has 2 heterocycles. The van der Waals surface area contributed by atoms with Crippen molar-refractivity contribution in [2.24, 2.45) is 10.7 Å². The second-order valence-corrected chi connectivity index (χ2v) is 9.41. The Morgan fingerprint density at radius 1 is 1.15 bits per heavy atom. The number of benzene rings is 1. The van der Waals surface area contributed by atoms with Gasteiger partial charge in [-0.1, -0.05) is 63.7 Å². The fourth-order valence-corrected chi connectivity index (χ4v) is 6.06. The summed E-state index contributed by atoms with van der Waals surface area (Å²) in [5.41, 5.74) is 10.2. The van der Waals surface area contributed by atoms with E-state index in [1.165, 1.54) is 39.3 Å². The Morgan fingerprint density at radius 2 is 1.96 bits per heavy atom. The number of thiophene rings is 1. The number of hydrogen-bond donors (Lipinski definition) is 1. The lowest BCUT2D eigenvalue weighted by Gasteiger charge is -2.36. The minimum absolute atomic E-state index is 0.0483. The summed E-state index contributed by atoms with van der Waals surface area (Å²) in [5, 5.41) is 0.767. The lowest BCUT2D eigenvalue weighted by Crippen LogP contribution is -2.34. The zero-order valence-corrected chi connectivity index (χ0v) is 18.0. The van der Waals surface area contributed by atoms with Gasteiger partial charge in [0.2, 0.25) is 0 Å². The van der Waals surface area contributed by atoms with E-state index in [4.69, 9.17) is 10.7 Å². The van der Waals surface area contributed by atoms with E-state index in [0.29, 0.717) is 5.92 Å². The lowest BCUT2D eigenvalue weighted by atomic mass is 9.78. The average molecular weight is 387 g/mol. The second kappa shape index (κ2) is 8.18. The maximum Gasteiger partial charge on any atom is 0.154 e. The van der Waals surface area contributed by atoms with Crippen molar-refractivity contribution in [2.75, 3.05) is 5.75 Å². The van der Waals surface area contributed by atoms with Crippen LogP contribution in [-0.4, -0.2) is 10.9 Å². The zero-order valence-electron chi connectivity index (χ0n) is 16.3. The molecule has 1 aromatic heterocycles. The number of nitrogens with two attached hydrogens (primary N) is 1. The first-order valence-corrected chi connectivity index (χ1v) is 11.6. The number of rotatable bonds is 2. The lowest BCUT2D eigenvalue weighted by molar-refractivity contribution is 0.368. The summed E-state index contributed by atoms with van der Waals surface area (Å²) in [5.74, 6) is 1.65. The molecule has 4 rings (SSSR count). The summed E-state index contributed by atoms with van der Waals surface area (Å²) in [6.07, 6.45) is 4.67. The van der Waals surface area contributed by atoms with E-state index < -0.39 is 0 Å². The molecule has 1 aliphatic heterocycles. The van der Waals surface area contributed by atoms with E-state index in [0.717, 1.165) is 23.8 Å². The third-order valence-corrected chi connectivity index (χ3v) is 7.27. The molecule has 26 heavy (non-hydrogen) atoms. The number of aryl methyl sites for hydroxylation is 1. The Bertz CT molecular complexity index is 791. The van der Waals surface area contributed by atoms with Crippen molar-refractivity contribution in [3.63, 3.8) is 0 Å². The minimum atomic E-state index is -0.0483. The largest absolute Gasteiger partial charge is 0.379 e. The molecule has 0 bridgehead atoms. The number of nitrogens with zero attached hydrogens (tertiary/aromatic N) is 1. The summed E-state index contributed by atoms with van der Waals surface area (Å²) in [4.78, 5) is 7.84. The van der Waals surface area contributed by atoms with Crippen LogP contribution in [0.1, 0.15) is 68.9 Å². The third-order valence-electron chi connectivity index (χ3n) is 5.23. The number of thioether (sulfide) groups is 1. The highest BCUT2D eigenvalue weighted by molar-refractivity contribution is 8.13. The first kappa shape index (κ1) is 19.5. The highest BCUT2D eigenvalue weighted by Crippen LogP contribution is 2.49. The SMILES string of the molecule is CC.CC(C)c1cccc(-c2cc3c(s2)CCCC32CCSC(N)=N2)c1. The second-order valence-electron chi connectivity index (χ2n) is 7.16. The quantitative estimate of drug-likeness (QED) is 0.635. The van der Waals surface area contributed by atoms with Gasteiger partial charge in [0.1, 0.15) is 0 Å². The Kier molecular flexibility index (Phi) is 6.13. The molecule has 0 radical (unpaired) electrons. The van der Waals surface area contributed by atoms with E-state index in [1.807, 2.05) is 25.2 Å². The van der Waals surface area contributed by atoms with Gasteiger partial charge in [0, 0.05) is 15.5 Å². The molecule has 1 atom stereocenters. The Morgan fingerprint density at radius 3 is 2.69 bits per heavy atom.